The van der Waals surface area contributed by atoms with Crippen molar-refractivity contribution >= 4 is 23.5 Å². The lowest BCUT2D eigenvalue weighted by molar-refractivity contribution is -0.134. The van der Waals surface area contributed by atoms with E-state index in [4.69, 9.17) is 4.74 Å². The monoisotopic (exact) mass is 358 g/mol. The second-order valence-corrected chi connectivity index (χ2v) is 6.98. The van der Waals surface area contributed by atoms with Crippen LogP contribution in [0.4, 0.5) is 5.69 Å². The number of carbonyl (C=O) groups is 3. The number of nitrogens with zero attached hydrogens (tertiary/aromatic N) is 1. The second-order valence-electron chi connectivity index (χ2n) is 6.98. The van der Waals surface area contributed by atoms with E-state index in [0.29, 0.717) is 24.3 Å². The number of likely N-dealkylation sites (tertiary alicyclic amines) is 1. The van der Waals surface area contributed by atoms with Crippen LogP contribution in [0.25, 0.3) is 0 Å². The van der Waals surface area contributed by atoms with Crippen LogP contribution >= 0.6 is 0 Å². The zero-order valence-electron chi connectivity index (χ0n) is 15.2. The van der Waals surface area contributed by atoms with Crippen LogP contribution in [0.2, 0.25) is 0 Å². The van der Waals surface area contributed by atoms with Gasteiger partial charge in [0.25, 0.3) is 0 Å². The number of rotatable bonds is 5. The molecular formula is C20H26N2O4. The van der Waals surface area contributed by atoms with Gasteiger partial charge in [-0.1, -0.05) is 12.8 Å². The smallest absolute Gasteiger partial charge is 0.338 e. The summed E-state index contributed by atoms with van der Waals surface area (Å²) in [6, 6.07) is 6.61. The molecule has 0 spiro atoms. The Hall–Kier alpha value is -2.37. The van der Waals surface area contributed by atoms with Crippen molar-refractivity contribution in [3.63, 3.8) is 0 Å². The molecule has 0 aromatic heterocycles. The SMILES string of the molecule is CCOC(=O)c1ccc(NC(=O)C2CC2C(=O)N2CCCCCC2)cc1. The predicted molar refractivity (Wildman–Crippen MR) is 97.7 cm³/mol. The molecule has 1 aromatic carbocycles. The van der Waals surface area contributed by atoms with Gasteiger partial charge in [-0.15, -0.1) is 0 Å². The maximum atomic E-state index is 12.6. The summed E-state index contributed by atoms with van der Waals surface area (Å²) in [4.78, 5) is 38.5. The molecule has 1 saturated heterocycles. The Morgan fingerprint density at radius 3 is 2.31 bits per heavy atom. The van der Waals surface area contributed by atoms with Crippen LogP contribution in [-0.2, 0) is 14.3 Å². The van der Waals surface area contributed by atoms with E-state index in [1.54, 1.807) is 31.2 Å². The van der Waals surface area contributed by atoms with Gasteiger partial charge in [-0.05, 0) is 50.5 Å². The number of hydrogen-bond acceptors (Lipinski definition) is 4. The van der Waals surface area contributed by atoms with Gasteiger partial charge in [-0.2, -0.15) is 0 Å². The molecule has 3 rings (SSSR count). The molecule has 1 aliphatic heterocycles. The molecule has 1 heterocycles. The lowest BCUT2D eigenvalue weighted by Gasteiger charge is -2.20. The summed E-state index contributed by atoms with van der Waals surface area (Å²) in [5, 5.41) is 2.84. The number of amides is 2. The number of esters is 1. The van der Waals surface area contributed by atoms with Crippen molar-refractivity contribution in [1.82, 2.24) is 4.90 Å². The number of hydrogen-bond donors (Lipinski definition) is 1. The van der Waals surface area contributed by atoms with Gasteiger partial charge in [0.15, 0.2) is 0 Å². The van der Waals surface area contributed by atoms with Gasteiger partial charge in [0.1, 0.15) is 0 Å². The van der Waals surface area contributed by atoms with E-state index >= 15 is 0 Å². The Labute approximate surface area is 153 Å². The molecular weight excluding hydrogens is 332 g/mol. The Balaban J connectivity index is 1.51. The number of ether oxygens (including phenoxy) is 1. The van der Waals surface area contributed by atoms with Crippen LogP contribution in [-0.4, -0.2) is 42.4 Å². The topological polar surface area (TPSA) is 75.7 Å². The van der Waals surface area contributed by atoms with E-state index in [1.807, 2.05) is 4.90 Å². The van der Waals surface area contributed by atoms with Crippen LogP contribution in [0.3, 0.4) is 0 Å². The summed E-state index contributed by atoms with van der Waals surface area (Å²) < 4.78 is 4.94. The summed E-state index contributed by atoms with van der Waals surface area (Å²) in [5.41, 5.74) is 1.07. The molecule has 1 aliphatic carbocycles. The third-order valence-corrected chi connectivity index (χ3v) is 5.03. The minimum Gasteiger partial charge on any atom is -0.462 e. The van der Waals surface area contributed by atoms with Crippen LogP contribution in [0.15, 0.2) is 24.3 Å². The van der Waals surface area contributed by atoms with Crippen molar-refractivity contribution < 1.29 is 19.1 Å². The first-order valence-corrected chi connectivity index (χ1v) is 9.47. The van der Waals surface area contributed by atoms with Gasteiger partial charge in [-0.25, -0.2) is 4.79 Å². The van der Waals surface area contributed by atoms with Crippen molar-refractivity contribution in [3.05, 3.63) is 29.8 Å². The van der Waals surface area contributed by atoms with Gasteiger partial charge < -0.3 is 15.0 Å². The highest BCUT2D eigenvalue weighted by Crippen LogP contribution is 2.41. The second kappa shape index (κ2) is 8.34. The summed E-state index contributed by atoms with van der Waals surface area (Å²) in [7, 11) is 0. The van der Waals surface area contributed by atoms with E-state index in [0.717, 1.165) is 25.9 Å². The normalized spacial score (nSPS) is 22.3. The van der Waals surface area contributed by atoms with Gasteiger partial charge in [0.2, 0.25) is 11.8 Å². The fourth-order valence-corrected chi connectivity index (χ4v) is 3.42. The quantitative estimate of drug-likeness (QED) is 0.821. The van der Waals surface area contributed by atoms with Crippen LogP contribution < -0.4 is 5.32 Å². The number of carbonyl (C=O) groups excluding carboxylic acids is 3. The van der Waals surface area contributed by atoms with Gasteiger partial charge in [-0.3, -0.25) is 9.59 Å². The highest BCUT2D eigenvalue weighted by molar-refractivity contribution is 6.00. The highest BCUT2D eigenvalue weighted by Gasteiger charge is 2.49. The van der Waals surface area contributed by atoms with Gasteiger partial charge in [0.05, 0.1) is 24.0 Å². The summed E-state index contributed by atoms with van der Waals surface area (Å²) in [6.45, 7) is 3.72. The van der Waals surface area contributed by atoms with Crippen molar-refractivity contribution in [2.75, 3.05) is 25.0 Å². The van der Waals surface area contributed by atoms with Crippen LogP contribution in [0.1, 0.15) is 49.4 Å². The maximum Gasteiger partial charge on any atom is 0.338 e. The molecule has 2 atom stereocenters. The zero-order chi connectivity index (χ0) is 18.5. The van der Waals surface area contributed by atoms with Crippen molar-refractivity contribution in [2.24, 2.45) is 11.8 Å². The Kier molecular flexibility index (Phi) is 5.91. The lowest BCUT2D eigenvalue weighted by Crippen LogP contribution is -2.34. The molecule has 6 nitrogen and oxygen atoms in total. The fourth-order valence-electron chi connectivity index (χ4n) is 3.42. The standard InChI is InChI=1S/C20H26N2O4/c1-2-26-20(25)14-7-9-15(10-8-14)21-18(23)16-13-17(16)19(24)22-11-5-3-4-6-12-22/h7-10,16-17H,2-6,11-13H2,1H3,(H,21,23). The van der Waals surface area contributed by atoms with Crippen molar-refractivity contribution in [1.29, 1.82) is 0 Å². The molecule has 2 amide bonds. The fraction of sp³-hybridized carbons (Fsp3) is 0.550. The third kappa shape index (κ3) is 4.42. The molecule has 2 fully saturated rings. The average molecular weight is 358 g/mol. The summed E-state index contributed by atoms with van der Waals surface area (Å²) in [5.74, 6) is -0.787. The lowest BCUT2D eigenvalue weighted by atomic mass is 10.2. The van der Waals surface area contributed by atoms with Crippen LogP contribution in [0.5, 0.6) is 0 Å². The van der Waals surface area contributed by atoms with Crippen molar-refractivity contribution in [3.8, 4) is 0 Å². The first-order chi connectivity index (χ1) is 12.6. The molecule has 2 aliphatic rings. The molecule has 26 heavy (non-hydrogen) atoms. The largest absolute Gasteiger partial charge is 0.462 e. The Morgan fingerprint density at radius 2 is 1.69 bits per heavy atom. The maximum absolute atomic E-state index is 12.6. The van der Waals surface area contributed by atoms with E-state index in [1.165, 1.54) is 12.8 Å². The Morgan fingerprint density at radius 1 is 1.04 bits per heavy atom. The van der Waals surface area contributed by atoms with Crippen molar-refractivity contribution in [2.45, 2.75) is 39.0 Å². The summed E-state index contributed by atoms with van der Waals surface area (Å²) >= 11 is 0. The minimum atomic E-state index is -0.379. The molecule has 1 N–H and O–H groups in total. The molecule has 0 bridgehead atoms. The molecule has 6 heteroatoms. The minimum absolute atomic E-state index is 0.123. The van der Waals surface area contributed by atoms with E-state index in [2.05, 4.69) is 5.32 Å². The van der Waals surface area contributed by atoms with E-state index in [9.17, 15) is 14.4 Å². The molecule has 1 aromatic rings. The first-order valence-electron chi connectivity index (χ1n) is 9.47. The molecule has 2 unspecified atom stereocenters. The predicted octanol–water partition coefficient (Wildman–Crippen LogP) is 2.84. The Bertz CT molecular complexity index is 663. The number of benzene rings is 1. The molecule has 0 radical (unpaired) electrons. The number of anilines is 1. The van der Waals surface area contributed by atoms with E-state index < -0.39 is 0 Å². The number of nitrogens with one attached hydrogen (secondary N) is 1. The van der Waals surface area contributed by atoms with Gasteiger partial charge >= 0.3 is 5.97 Å². The van der Waals surface area contributed by atoms with Gasteiger partial charge in [0, 0.05) is 18.8 Å². The first kappa shape index (κ1) is 18.4. The molecule has 140 valence electrons. The zero-order valence-corrected chi connectivity index (χ0v) is 15.2. The third-order valence-electron chi connectivity index (χ3n) is 5.03. The molecule has 1 saturated carbocycles. The van der Waals surface area contributed by atoms with Crippen LogP contribution in [0, 0.1) is 11.8 Å². The highest BCUT2D eigenvalue weighted by atomic mass is 16.5. The average Bonchev–Trinajstić information content (AvgIpc) is 3.46. The van der Waals surface area contributed by atoms with E-state index in [-0.39, 0.29) is 29.6 Å². The summed E-state index contributed by atoms with van der Waals surface area (Å²) in [6.07, 6.45) is 5.10.